The number of anilines is 1. The maximum atomic E-state index is 5.37. The molecule has 2 atom stereocenters. The molecular formula is C21H22N6OS2. The third-order valence-corrected chi connectivity index (χ3v) is 6.55. The molecule has 1 fully saturated rings. The van der Waals surface area contributed by atoms with E-state index in [9.17, 15) is 0 Å². The van der Waals surface area contributed by atoms with Crippen molar-refractivity contribution >= 4 is 35.0 Å². The molecule has 9 heteroatoms. The average molecular weight is 439 g/mol. The Hall–Kier alpha value is -2.46. The van der Waals surface area contributed by atoms with Gasteiger partial charge >= 0.3 is 0 Å². The summed E-state index contributed by atoms with van der Waals surface area (Å²) in [7, 11) is 0. The molecule has 4 aromatic rings. The summed E-state index contributed by atoms with van der Waals surface area (Å²) in [6.07, 6.45) is 5.12. The molecule has 0 saturated heterocycles. The Morgan fingerprint density at radius 2 is 2.10 bits per heavy atom. The molecule has 1 aliphatic rings. The highest BCUT2D eigenvalue weighted by atomic mass is 32.2. The van der Waals surface area contributed by atoms with Crippen LogP contribution in [0.1, 0.15) is 19.3 Å². The van der Waals surface area contributed by atoms with E-state index in [0.717, 1.165) is 64.9 Å². The number of benzene rings is 1. The molecule has 5 rings (SSSR count). The first kappa shape index (κ1) is 19.5. The highest BCUT2D eigenvalue weighted by molar-refractivity contribution is 7.92. The summed E-state index contributed by atoms with van der Waals surface area (Å²) in [6.45, 7) is 0.699. The highest BCUT2D eigenvalue weighted by Gasteiger charge is 2.25. The standard InChI is InChI=1S/C21H22N6OS2/c22-30-28-12-14-6-7-16(10-14)24-19-8-9-23-20-11-17(26-27(19)20)21-25-18(13-29-21)15-4-2-1-3-5-15/h1-5,8-9,11,13-14,16,24H,6-7,10,12,22H2. The third-order valence-electron chi connectivity index (χ3n) is 5.42. The van der Waals surface area contributed by atoms with Gasteiger partial charge in [0.25, 0.3) is 0 Å². The Morgan fingerprint density at radius 3 is 2.97 bits per heavy atom. The maximum Gasteiger partial charge on any atom is 0.157 e. The van der Waals surface area contributed by atoms with Crippen LogP contribution < -0.4 is 10.5 Å². The second kappa shape index (κ2) is 8.73. The minimum atomic E-state index is 0.393. The smallest absolute Gasteiger partial charge is 0.157 e. The zero-order valence-corrected chi connectivity index (χ0v) is 17.9. The van der Waals surface area contributed by atoms with Gasteiger partial charge in [-0.2, -0.15) is 9.61 Å². The number of aromatic nitrogens is 4. The van der Waals surface area contributed by atoms with Gasteiger partial charge in [0.2, 0.25) is 0 Å². The van der Waals surface area contributed by atoms with Gasteiger partial charge in [-0.05, 0) is 31.2 Å². The van der Waals surface area contributed by atoms with Crippen molar-refractivity contribution in [3.63, 3.8) is 0 Å². The molecule has 1 aliphatic carbocycles. The molecule has 7 nitrogen and oxygen atoms in total. The van der Waals surface area contributed by atoms with E-state index in [0.29, 0.717) is 18.6 Å². The van der Waals surface area contributed by atoms with Crippen molar-refractivity contribution in [2.24, 2.45) is 11.1 Å². The van der Waals surface area contributed by atoms with E-state index in [1.165, 1.54) is 0 Å². The summed E-state index contributed by atoms with van der Waals surface area (Å²) >= 11 is 2.55. The Morgan fingerprint density at radius 1 is 1.20 bits per heavy atom. The summed E-state index contributed by atoms with van der Waals surface area (Å²) in [5.74, 6) is 1.49. The Bertz CT molecular complexity index is 1130. The molecule has 3 aromatic heterocycles. The van der Waals surface area contributed by atoms with Crippen LogP contribution >= 0.6 is 23.6 Å². The number of nitrogens with zero attached hydrogens (tertiary/aromatic N) is 4. The summed E-state index contributed by atoms with van der Waals surface area (Å²) in [5, 5.41) is 16.8. The van der Waals surface area contributed by atoms with Gasteiger partial charge in [0.1, 0.15) is 16.5 Å². The van der Waals surface area contributed by atoms with Crippen LogP contribution in [0.15, 0.2) is 54.0 Å². The number of hydrogen-bond donors (Lipinski definition) is 2. The lowest BCUT2D eigenvalue weighted by Gasteiger charge is -2.15. The number of thiazole rings is 1. The van der Waals surface area contributed by atoms with Crippen molar-refractivity contribution in [2.45, 2.75) is 25.3 Å². The second-order valence-corrected chi connectivity index (χ2v) is 8.72. The van der Waals surface area contributed by atoms with E-state index in [-0.39, 0.29) is 0 Å². The monoisotopic (exact) mass is 438 g/mol. The van der Waals surface area contributed by atoms with Gasteiger partial charge in [0, 0.05) is 29.2 Å². The molecule has 1 saturated carbocycles. The predicted octanol–water partition coefficient (Wildman–Crippen LogP) is 4.64. The number of hydrogen-bond acceptors (Lipinski definition) is 8. The number of rotatable bonds is 7. The summed E-state index contributed by atoms with van der Waals surface area (Å²) in [4.78, 5) is 9.27. The SMILES string of the molecule is NSOCC1CCC(Nc2ccnc3cc(-c4nc(-c5ccccc5)cs4)nn23)C1. The Labute approximate surface area is 183 Å². The lowest BCUT2D eigenvalue weighted by molar-refractivity contribution is 0.290. The van der Waals surface area contributed by atoms with Crippen LogP contribution in [0.25, 0.3) is 27.6 Å². The van der Waals surface area contributed by atoms with Gasteiger partial charge in [-0.3, -0.25) is 5.14 Å². The van der Waals surface area contributed by atoms with Gasteiger partial charge in [0.15, 0.2) is 5.65 Å². The Balaban J connectivity index is 1.36. The van der Waals surface area contributed by atoms with E-state index in [2.05, 4.69) is 27.8 Å². The van der Waals surface area contributed by atoms with E-state index < -0.39 is 0 Å². The first-order valence-electron chi connectivity index (χ1n) is 9.91. The number of nitrogens with one attached hydrogen (secondary N) is 1. The van der Waals surface area contributed by atoms with E-state index in [4.69, 9.17) is 19.4 Å². The van der Waals surface area contributed by atoms with Crippen molar-refractivity contribution in [3.8, 4) is 22.0 Å². The van der Waals surface area contributed by atoms with E-state index in [1.54, 1.807) is 11.3 Å². The van der Waals surface area contributed by atoms with Crippen molar-refractivity contribution in [1.29, 1.82) is 0 Å². The first-order valence-corrected chi connectivity index (χ1v) is 11.6. The topological polar surface area (TPSA) is 90.4 Å². The zero-order valence-electron chi connectivity index (χ0n) is 16.3. The fourth-order valence-corrected chi connectivity index (χ4v) is 5.00. The van der Waals surface area contributed by atoms with Gasteiger partial charge < -0.3 is 9.50 Å². The van der Waals surface area contributed by atoms with Gasteiger partial charge in [-0.15, -0.1) is 11.3 Å². The maximum absolute atomic E-state index is 5.37. The van der Waals surface area contributed by atoms with Crippen LogP contribution in [-0.4, -0.2) is 32.2 Å². The van der Waals surface area contributed by atoms with E-state index >= 15 is 0 Å². The summed E-state index contributed by atoms with van der Waals surface area (Å²) in [5.41, 5.74) is 3.72. The zero-order chi connectivity index (χ0) is 20.3. The molecule has 30 heavy (non-hydrogen) atoms. The summed E-state index contributed by atoms with van der Waals surface area (Å²) in [6, 6.07) is 14.5. The molecule has 154 valence electrons. The van der Waals surface area contributed by atoms with Crippen LogP contribution in [0, 0.1) is 5.92 Å². The second-order valence-electron chi connectivity index (χ2n) is 7.43. The lowest BCUT2D eigenvalue weighted by atomic mass is 10.1. The fourth-order valence-electron chi connectivity index (χ4n) is 3.94. The molecule has 0 spiro atoms. The minimum absolute atomic E-state index is 0.393. The number of fused-ring (bicyclic) bond motifs is 1. The van der Waals surface area contributed by atoms with Crippen LogP contribution in [0.4, 0.5) is 5.82 Å². The van der Waals surface area contributed by atoms with E-state index in [1.807, 2.05) is 41.0 Å². The molecule has 2 unspecified atom stereocenters. The van der Waals surface area contributed by atoms with Crippen molar-refractivity contribution in [1.82, 2.24) is 19.6 Å². The predicted molar refractivity (Wildman–Crippen MR) is 122 cm³/mol. The fraction of sp³-hybridized carbons (Fsp3) is 0.286. The van der Waals surface area contributed by atoms with Crippen LogP contribution in [0.3, 0.4) is 0 Å². The molecule has 3 N–H and O–H groups in total. The summed E-state index contributed by atoms with van der Waals surface area (Å²) < 4.78 is 7.18. The highest BCUT2D eigenvalue weighted by Crippen LogP contribution is 2.31. The molecular weight excluding hydrogens is 416 g/mol. The quantitative estimate of drug-likeness (QED) is 0.321. The molecule has 0 bridgehead atoms. The average Bonchev–Trinajstić information content (AvgIpc) is 3.52. The molecule has 3 heterocycles. The lowest BCUT2D eigenvalue weighted by Crippen LogP contribution is -2.18. The third kappa shape index (κ3) is 4.06. The van der Waals surface area contributed by atoms with Gasteiger partial charge in [-0.1, -0.05) is 30.3 Å². The number of nitrogens with two attached hydrogens (primary N) is 1. The van der Waals surface area contributed by atoms with Crippen molar-refractivity contribution < 1.29 is 4.18 Å². The van der Waals surface area contributed by atoms with Crippen LogP contribution in [0.5, 0.6) is 0 Å². The minimum Gasteiger partial charge on any atom is -0.367 e. The Kier molecular flexibility index (Phi) is 5.67. The molecule has 0 amide bonds. The normalized spacial score (nSPS) is 18.8. The van der Waals surface area contributed by atoms with Crippen LogP contribution in [-0.2, 0) is 4.18 Å². The van der Waals surface area contributed by atoms with Crippen molar-refractivity contribution in [3.05, 3.63) is 54.0 Å². The molecule has 0 radical (unpaired) electrons. The molecule has 1 aromatic carbocycles. The van der Waals surface area contributed by atoms with Gasteiger partial charge in [0.05, 0.1) is 24.5 Å². The largest absolute Gasteiger partial charge is 0.367 e. The van der Waals surface area contributed by atoms with Gasteiger partial charge in [-0.25, -0.2) is 9.97 Å². The van der Waals surface area contributed by atoms with Crippen LogP contribution in [0.2, 0.25) is 0 Å². The molecule has 0 aliphatic heterocycles. The van der Waals surface area contributed by atoms with Crippen molar-refractivity contribution in [2.75, 3.05) is 11.9 Å². The first-order chi connectivity index (χ1) is 14.8.